The Morgan fingerprint density at radius 3 is 3.13 bits per heavy atom. The van der Waals surface area contributed by atoms with Gasteiger partial charge in [0.25, 0.3) is 0 Å². The van der Waals surface area contributed by atoms with E-state index >= 15 is 0 Å². The maximum Gasteiger partial charge on any atom is 0.410 e. The summed E-state index contributed by atoms with van der Waals surface area (Å²) < 4.78 is 4.96. The van der Waals surface area contributed by atoms with Gasteiger partial charge in [-0.3, -0.25) is 0 Å². The summed E-state index contributed by atoms with van der Waals surface area (Å²) in [6.45, 7) is 5.42. The van der Waals surface area contributed by atoms with Crippen molar-refractivity contribution < 1.29 is 14.6 Å². The molecule has 0 aliphatic carbocycles. The quantitative estimate of drug-likeness (QED) is 0.718. The third-order valence-electron chi connectivity index (χ3n) is 2.64. The Bertz CT molecular complexity index is 216. The number of rotatable bonds is 4. The van der Waals surface area contributed by atoms with E-state index < -0.39 is 0 Å². The van der Waals surface area contributed by atoms with Gasteiger partial charge in [-0.2, -0.15) is 0 Å². The van der Waals surface area contributed by atoms with Gasteiger partial charge in [0.2, 0.25) is 0 Å². The zero-order valence-electron chi connectivity index (χ0n) is 9.02. The van der Waals surface area contributed by atoms with Crippen molar-refractivity contribution in [2.24, 2.45) is 5.92 Å². The van der Waals surface area contributed by atoms with Crippen molar-refractivity contribution in [1.29, 1.82) is 0 Å². The summed E-state index contributed by atoms with van der Waals surface area (Å²) in [6, 6.07) is 0. The standard InChI is InChI=1S/C11H19NO3/c1-2-8-15-11(14)12-6-3-4-10(9-12)5-7-13/h2,10,13H,1,3-9H2. The SMILES string of the molecule is C=CCOC(=O)N1CCCC(CCO)C1. The molecule has 1 N–H and O–H groups in total. The van der Waals surface area contributed by atoms with Crippen molar-refractivity contribution in [3.8, 4) is 0 Å². The summed E-state index contributed by atoms with van der Waals surface area (Å²) in [5, 5.41) is 8.84. The van der Waals surface area contributed by atoms with Crippen molar-refractivity contribution in [3.63, 3.8) is 0 Å². The van der Waals surface area contributed by atoms with Crippen molar-refractivity contribution in [1.82, 2.24) is 4.90 Å². The van der Waals surface area contributed by atoms with Gasteiger partial charge >= 0.3 is 6.09 Å². The number of likely N-dealkylation sites (tertiary alicyclic amines) is 1. The van der Waals surface area contributed by atoms with Crippen molar-refractivity contribution in [3.05, 3.63) is 12.7 Å². The molecule has 0 spiro atoms. The van der Waals surface area contributed by atoms with Gasteiger partial charge in [0.05, 0.1) is 0 Å². The third-order valence-corrected chi connectivity index (χ3v) is 2.64. The zero-order chi connectivity index (χ0) is 11.1. The van der Waals surface area contributed by atoms with E-state index in [0.717, 1.165) is 25.8 Å². The summed E-state index contributed by atoms with van der Waals surface area (Å²) in [5.74, 6) is 0.417. The van der Waals surface area contributed by atoms with Gasteiger partial charge < -0.3 is 14.7 Å². The van der Waals surface area contributed by atoms with Crippen LogP contribution in [0.15, 0.2) is 12.7 Å². The van der Waals surface area contributed by atoms with Crippen LogP contribution in [0.2, 0.25) is 0 Å². The highest BCUT2D eigenvalue weighted by molar-refractivity contribution is 5.67. The maximum atomic E-state index is 11.5. The predicted molar refractivity (Wildman–Crippen MR) is 57.5 cm³/mol. The van der Waals surface area contributed by atoms with Crippen LogP contribution in [-0.2, 0) is 4.74 Å². The summed E-state index contributed by atoms with van der Waals surface area (Å²) in [6.07, 6.45) is 4.15. The topological polar surface area (TPSA) is 49.8 Å². The molecule has 0 bridgehead atoms. The highest BCUT2D eigenvalue weighted by atomic mass is 16.6. The fourth-order valence-electron chi connectivity index (χ4n) is 1.87. The molecular weight excluding hydrogens is 194 g/mol. The van der Waals surface area contributed by atoms with E-state index in [-0.39, 0.29) is 19.3 Å². The Labute approximate surface area is 90.5 Å². The average Bonchev–Trinajstić information content (AvgIpc) is 2.27. The van der Waals surface area contributed by atoms with Gasteiger partial charge in [-0.15, -0.1) is 0 Å². The number of carbonyl (C=O) groups excluding carboxylic acids is 1. The molecule has 1 fully saturated rings. The number of amides is 1. The molecule has 4 nitrogen and oxygen atoms in total. The molecule has 86 valence electrons. The van der Waals surface area contributed by atoms with Gasteiger partial charge in [0, 0.05) is 19.7 Å². The molecule has 0 radical (unpaired) electrons. The first-order chi connectivity index (χ1) is 7.27. The monoisotopic (exact) mass is 213 g/mol. The first-order valence-electron chi connectivity index (χ1n) is 5.41. The number of aliphatic hydroxyl groups is 1. The van der Waals surface area contributed by atoms with Crippen LogP contribution in [0.1, 0.15) is 19.3 Å². The summed E-state index contributed by atoms with van der Waals surface area (Å²) in [5.41, 5.74) is 0. The van der Waals surface area contributed by atoms with Crippen LogP contribution in [0.4, 0.5) is 4.79 Å². The zero-order valence-corrected chi connectivity index (χ0v) is 9.02. The summed E-state index contributed by atoms with van der Waals surface area (Å²) >= 11 is 0. The lowest BCUT2D eigenvalue weighted by molar-refractivity contribution is 0.0876. The lowest BCUT2D eigenvalue weighted by Crippen LogP contribution is -2.40. The Hall–Kier alpha value is -1.03. The van der Waals surface area contributed by atoms with E-state index in [1.54, 1.807) is 11.0 Å². The second kappa shape index (κ2) is 6.45. The van der Waals surface area contributed by atoms with E-state index in [4.69, 9.17) is 9.84 Å². The second-order valence-electron chi connectivity index (χ2n) is 3.83. The minimum atomic E-state index is -0.266. The van der Waals surface area contributed by atoms with Crippen LogP contribution in [-0.4, -0.2) is 42.4 Å². The molecule has 1 saturated heterocycles. The molecule has 0 aromatic carbocycles. The number of hydrogen-bond donors (Lipinski definition) is 1. The molecule has 1 rings (SSSR count). The van der Waals surface area contributed by atoms with Crippen LogP contribution < -0.4 is 0 Å². The molecular formula is C11H19NO3. The van der Waals surface area contributed by atoms with E-state index in [9.17, 15) is 4.79 Å². The van der Waals surface area contributed by atoms with Gasteiger partial charge in [-0.1, -0.05) is 12.7 Å². The Morgan fingerprint density at radius 1 is 1.67 bits per heavy atom. The second-order valence-corrected chi connectivity index (χ2v) is 3.83. The van der Waals surface area contributed by atoms with Crippen LogP contribution in [0, 0.1) is 5.92 Å². The molecule has 4 heteroatoms. The number of piperidine rings is 1. The molecule has 1 amide bonds. The fourth-order valence-corrected chi connectivity index (χ4v) is 1.87. The smallest absolute Gasteiger partial charge is 0.410 e. The predicted octanol–water partition coefficient (Wildman–Crippen LogP) is 1.40. The van der Waals surface area contributed by atoms with Crippen LogP contribution in [0.3, 0.4) is 0 Å². The van der Waals surface area contributed by atoms with E-state index in [2.05, 4.69) is 6.58 Å². The minimum Gasteiger partial charge on any atom is -0.445 e. The molecule has 1 aliphatic rings. The van der Waals surface area contributed by atoms with Gasteiger partial charge in [0.1, 0.15) is 6.61 Å². The van der Waals surface area contributed by atoms with Gasteiger partial charge in [0.15, 0.2) is 0 Å². The number of hydrogen-bond acceptors (Lipinski definition) is 3. The van der Waals surface area contributed by atoms with E-state index in [1.807, 2.05) is 0 Å². The van der Waals surface area contributed by atoms with E-state index in [1.165, 1.54) is 0 Å². The number of aliphatic hydroxyl groups excluding tert-OH is 1. The number of carbonyl (C=O) groups is 1. The normalized spacial score (nSPS) is 21.1. The summed E-state index contributed by atoms with van der Waals surface area (Å²) in [7, 11) is 0. The highest BCUT2D eigenvalue weighted by Gasteiger charge is 2.23. The number of nitrogens with zero attached hydrogens (tertiary/aromatic N) is 1. The molecule has 0 aromatic heterocycles. The molecule has 1 unspecified atom stereocenters. The number of ether oxygens (including phenoxy) is 1. The van der Waals surface area contributed by atoms with Crippen molar-refractivity contribution in [2.45, 2.75) is 19.3 Å². The lowest BCUT2D eigenvalue weighted by atomic mass is 9.95. The molecule has 0 aromatic rings. The Balaban J connectivity index is 2.34. The average molecular weight is 213 g/mol. The van der Waals surface area contributed by atoms with Crippen molar-refractivity contribution >= 4 is 6.09 Å². The van der Waals surface area contributed by atoms with Crippen molar-refractivity contribution in [2.75, 3.05) is 26.3 Å². The van der Waals surface area contributed by atoms with Crippen LogP contribution in [0.25, 0.3) is 0 Å². The maximum absolute atomic E-state index is 11.5. The van der Waals surface area contributed by atoms with Gasteiger partial charge in [-0.25, -0.2) is 4.79 Å². The molecule has 0 saturated carbocycles. The lowest BCUT2D eigenvalue weighted by Gasteiger charge is -2.31. The molecule has 1 atom stereocenters. The third kappa shape index (κ3) is 3.91. The molecule has 1 heterocycles. The first-order valence-corrected chi connectivity index (χ1v) is 5.41. The minimum absolute atomic E-state index is 0.195. The molecule has 1 aliphatic heterocycles. The summed E-state index contributed by atoms with van der Waals surface area (Å²) in [4.78, 5) is 13.2. The van der Waals surface area contributed by atoms with Crippen LogP contribution in [0.5, 0.6) is 0 Å². The largest absolute Gasteiger partial charge is 0.445 e. The van der Waals surface area contributed by atoms with E-state index in [0.29, 0.717) is 12.5 Å². The Kier molecular flexibility index (Phi) is 5.18. The first kappa shape index (κ1) is 12.0. The van der Waals surface area contributed by atoms with Gasteiger partial charge in [-0.05, 0) is 25.2 Å². The molecule has 15 heavy (non-hydrogen) atoms. The highest BCUT2D eigenvalue weighted by Crippen LogP contribution is 2.19. The fraction of sp³-hybridized carbons (Fsp3) is 0.727. The Morgan fingerprint density at radius 2 is 2.47 bits per heavy atom. The van der Waals surface area contributed by atoms with Crippen LogP contribution >= 0.6 is 0 Å².